The summed E-state index contributed by atoms with van der Waals surface area (Å²) >= 11 is 0. The van der Waals surface area contributed by atoms with Gasteiger partial charge in [-0.1, -0.05) is 6.07 Å². The highest BCUT2D eigenvalue weighted by molar-refractivity contribution is 7.89. The molecule has 0 saturated heterocycles. The largest absolute Gasteiger partial charge is 0.456 e. The quantitative estimate of drug-likeness (QED) is 0.849. The zero-order valence-corrected chi connectivity index (χ0v) is 12.8. The van der Waals surface area contributed by atoms with E-state index in [1.165, 1.54) is 25.3 Å². The molecule has 0 fully saturated rings. The molecule has 1 rings (SSSR count). The van der Waals surface area contributed by atoms with Crippen molar-refractivity contribution in [2.75, 3.05) is 7.11 Å². The summed E-state index contributed by atoms with van der Waals surface area (Å²) in [5.41, 5.74) is -0.143. The molecule has 1 aromatic rings. The number of hydrogen-bond acceptors (Lipinski definition) is 5. The minimum absolute atomic E-state index is 0.0837. The Balaban J connectivity index is 3.23. The van der Waals surface area contributed by atoms with Gasteiger partial charge in [0.05, 0.1) is 17.1 Å². The van der Waals surface area contributed by atoms with E-state index >= 15 is 0 Å². The van der Waals surface area contributed by atoms with Crippen molar-refractivity contribution in [1.29, 1.82) is 0 Å². The summed E-state index contributed by atoms with van der Waals surface area (Å²) < 4.78 is 33.2. The Labute approximate surface area is 118 Å². The molecule has 0 unspecified atom stereocenters. The van der Waals surface area contributed by atoms with Crippen LogP contribution in [0, 0.1) is 0 Å². The van der Waals surface area contributed by atoms with Gasteiger partial charge >= 0.3 is 5.97 Å². The summed E-state index contributed by atoms with van der Waals surface area (Å²) in [7, 11) is -2.50. The summed E-state index contributed by atoms with van der Waals surface area (Å²) in [5.74, 6) is -0.605. The van der Waals surface area contributed by atoms with Crippen LogP contribution in [0.1, 0.15) is 36.7 Å². The van der Waals surface area contributed by atoms with Gasteiger partial charge in [0, 0.05) is 7.11 Å². The third-order valence-corrected chi connectivity index (χ3v) is 3.30. The van der Waals surface area contributed by atoms with E-state index in [9.17, 15) is 13.2 Å². The maximum Gasteiger partial charge on any atom is 0.338 e. The Kier molecular flexibility index (Phi) is 4.90. The molecule has 0 saturated carbocycles. The molecule has 1 aromatic carbocycles. The predicted octanol–water partition coefficient (Wildman–Crippen LogP) is 1.44. The second-order valence-electron chi connectivity index (χ2n) is 5.30. The molecule has 0 spiro atoms. The lowest BCUT2D eigenvalue weighted by atomic mass is 10.1. The van der Waals surface area contributed by atoms with Crippen molar-refractivity contribution in [2.45, 2.75) is 37.9 Å². The van der Waals surface area contributed by atoms with Crippen molar-refractivity contribution in [3.8, 4) is 0 Å². The number of primary sulfonamides is 1. The summed E-state index contributed by atoms with van der Waals surface area (Å²) in [6.45, 7) is 5.26. The van der Waals surface area contributed by atoms with Gasteiger partial charge in [0.1, 0.15) is 5.60 Å². The van der Waals surface area contributed by atoms with Crippen LogP contribution in [0.25, 0.3) is 0 Å². The number of carbonyl (C=O) groups is 1. The maximum absolute atomic E-state index is 11.9. The fourth-order valence-corrected chi connectivity index (χ4v) is 2.34. The van der Waals surface area contributed by atoms with Crippen molar-refractivity contribution in [1.82, 2.24) is 0 Å². The Morgan fingerprint density at radius 3 is 2.35 bits per heavy atom. The molecule has 7 heteroatoms. The van der Waals surface area contributed by atoms with E-state index in [2.05, 4.69) is 0 Å². The van der Waals surface area contributed by atoms with Crippen LogP contribution < -0.4 is 5.14 Å². The summed E-state index contributed by atoms with van der Waals surface area (Å²) in [5, 5.41) is 5.15. The predicted molar refractivity (Wildman–Crippen MR) is 73.7 cm³/mol. The van der Waals surface area contributed by atoms with Gasteiger partial charge in [-0.2, -0.15) is 0 Å². The fourth-order valence-electron chi connectivity index (χ4n) is 1.56. The first-order valence-electron chi connectivity index (χ1n) is 5.92. The molecule has 0 heterocycles. The molecule has 0 amide bonds. The maximum atomic E-state index is 11.9. The van der Waals surface area contributed by atoms with E-state index in [1.54, 1.807) is 20.8 Å². The zero-order valence-electron chi connectivity index (χ0n) is 12.0. The van der Waals surface area contributed by atoms with Gasteiger partial charge in [-0.3, -0.25) is 0 Å². The van der Waals surface area contributed by atoms with Crippen molar-refractivity contribution in [3.05, 3.63) is 29.3 Å². The molecule has 0 aliphatic rings. The monoisotopic (exact) mass is 301 g/mol. The topological polar surface area (TPSA) is 95.7 Å². The number of sulfonamides is 1. The van der Waals surface area contributed by atoms with E-state index in [0.717, 1.165) is 0 Å². The average molecular weight is 301 g/mol. The number of hydrogen-bond donors (Lipinski definition) is 1. The highest BCUT2D eigenvalue weighted by Crippen LogP contribution is 2.20. The Morgan fingerprint density at radius 1 is 1.30 bits per heavy atom. The molecular formula is C13H19NO5S. The Bertz CT molecular complexity index is 602. The second kappa shape index (κ2) is 5.90. The fraction of sp³-hybridized carbons (Fsp3) is 0.462. The Morgan fingerprint density at radius 2 is 1.90 bits per heavy atom. The van der Waals surface area contributed by atoms with Gasteiger partial charge in [0.2, 0.25) is 10.0 Å². The number of carbonyl (C=O) groups excluding carboxylic acids is 1. The first-order valence-corrected chi connectivity index (χ1v) is 7.47. The van der Waals surface area contributed by atoms with Crippen LogP contribution in [0.3, 0.4) is 0 Å². The van der Waals surface area contributed by atoms with Gasteiger partial charge in [-0.25, -0.2) is 18.4 Å². The standard InChI is InChI=1S/C13H19NO5S/c1-13(2,3)19-12(15)9-5-6-10(8-18-4)11(7-9)20(14,16)17/h5-7H,8H2,1-4H3,(H2,14,16,17). The molecular weight excluding hydrogens is 282 g/mol. The normalized spacial score (nSPS) is 12.2. The van der Waals surface area contributed by atoms with E-state index in [-0.39, 0.29) is 17.1 Å². The second-order valence-corrected chi connectivity index (χ2v) is 6.83. The van der Waals surface area contributed by atoms with Crippen molar-refractivity contribution >= 4 is 16.0 Å². The molecule has 6 nitrogen and oxygen atoms in total. The van der Waals surface area contributed by atoms with Crippen LogP contribution in [0.15, 0.2) is 23.1 Å². The molecule has 0 bridgehead atoms. The molecule has 0 aliphatic heterocycles. The van der Waals surface area contributed by atoms with Crippen molar-refractivity contribution in [2.24, 2.45) is 5.14 Å². The number of ether oxygens (including phenoxy) is 2. The number of esters is 1. The molecule has 0 atom stereocenters. The lowest BCUT2D eigenvalue weighted by Crippen LogP contribution is -2.24. The average Bonchev–Trinajstić information content (AvgIpc) is 2.26. The first kappa shape index (κ1) is 16.6. The molecule has 20 heavy (non-hydrogen) atoms. The number of rotatable bonds is 4. The minimum Gasteiger partial charge on any atom is -0.456 e. The van der Waals surface area contributed by atoms with Gasteiger partial charge in [0.15, 0.2) is 0 Å². The first-order chi connectivity index (χ1) is 9.04. The summed E-state index contributed by atoms with van der Waals surface area (Å²) in [4.78, 5) is 11.8. The zero-order chi connectivity index (χ0) is 15.6. The van der Waals surface area contributed by atoms with Crippen LogP contribution in [0.2, 0.25) is 0 Å². The Hall–Kier alpha value is -1.44. The SMILES string of the molecule is COCc1ccc(C(=O)OC(C)(C)C)cc1S(N)(=O)=O. The summed E-state index contributed by atoms with van der Waals surface area (Å²) in [6.07, 6.45) is 0. The van der Waals surface area contributed by atoms with Gasteiger partial charge in [-0.15, -0.1) is 0 Å². The highest BCUT2D eigenvalue weighted by Gasteiger charge is 2.21. The molecule has 0 aromatic heterocycles. The third kappa shape index (κ3) is 4.59. The minimum atomic E-state index is -3.94. The van der Waals surface area contributed by atoms with Gasteiger partial charge < -0.3 is 9.47 Å². The smallest absolute Gasteiger partial charge is 0.338 e. The van der Waals surface area contributed by atoms with Gasteiger partial charge in [0.25, 0.3) is 0 Å². The lowest BCUT2D eigenvalue weighted by molar-refractivity contribution is 0.00691. The number of benzene rings is 1. The van der Waals surface area contributed by atoms with Crippen LogP contribution in [-0.2, 0) is 26.1 Å². The van der Waals surface area contributed by atoms with E-state index < -0.39 is 21.6 Å². The van der Waals surface area contributed by atoms with Gasteiger partial charge in [-0.05, 0) is 38.5 Å². The van der Waals surface area contributed by atoms with Crippen molar-refractivity contribution < 1.29 is 22.7 Å². The van der Waals surface area contributed by atoms with E-state index in [4.69, 9.17) is 14.6 Å². The number of methoxy groups -OCH3 is 1. The lowest BCUT2D eigenvalue weighted by Gasteiger charge is -2.19. The molecule has 0 aliphatic carbocycles. The van der Waals surface area contributed by atoms with Crippen molar-refractivity contribution in [3.63, 3.8) is 0 Å². The van der Waals surface area contributed by atoms with Crippen LogP contribution in [-0.4, -0.2) is 27.1 Å². The highest BCUT2D eigenvalue weighted by atomic mass is 32.2. The molecule has 0 radical (unpaired) electrons. The van der Waals surface area contributed by atoms with Crippen LogP contribution in [0.5, 0.6) is 0 Å². The van der Waals surface area contributed by atoms with Crippen LogP contribution in [0.4, 0.5) is 0 Å². The number of nitrogens with two attached hydrogens (primary N) is 1. The summed E-state index contributed by atoms with van der Waals surface area (Å²) in [6, 6.07) is 4.18. The van der Waals surface area contributed by atoms with E-state index in [0.29, 0.717) is 5.56 Å². The van der Waals surface area contributed by atoms with Crippen LogP contribution >= 0.6 is 0 Å². The van der Waals surface area contributed by atoms with E-state index in [1.807, 2.05) is 0 Å². The molecule has 112 valence electrons. The molecule has 2 N–H and O–H groups in total. The third-order valence-electron chi connectivity index (χ3n) is 2.31.